The van der Waals surface area contributed by atoms with Crippen molar-refractivity contribution >= 4 is 39.1 Å². The van der Waals surface area contributed by atoms with Gasteiger partial charge in [0, 0.05) is 23.0 Å². The van der Waals surface area contributed by atoms with Crippen molar-refractivity contribution < 1.29 is 9.47 Å². The number of hydrogen-bond acceptors (Lipinski definition) is 2. The summed E-state index contributed by atoms with van der Waals surface area (Å²) in [7, 11) is 1.78. The Morgan fingerprint density at radius 1 is 1.30 bits per heavy atom. The first-order valence-corrected chi connectivity index (χ1v) is 8.49. The number of benzene rings is 1. The van der Waals surface area contributed by atoms with Gasteiger partial charge in [0.2, 0.25) is 0 Å². The summed E-state index contributed by atoms with van der Waals surface area (Å²) in [6.07, 6.45) is 4.33. The summed E-state index contributed by atoms with van der Waals surface area (Å²) in [6, 6.07) is 3.67. The molecule has 1 aliphatic rings. The highest BCUT2D eigenvalue weighted by Crippen LogP contribution is 2.47. The number of alkyl halides is 1. The van der Waals surface area contributed by atoms with E-state index in [9.17, 15) is 0 Å². The van der Waals surface area contributed by atoms with Crippen LogP contribution in [0.25, 0.3) is 0 Å². The topological polar surface area (TPSA) is 18.5 Å². The van der Waals surface area contributed by atoms with Gasteiger partial charge < -0.3 is 9.47 Å². The van der Waals surface area contributed by atoms with Gasteiger partial charge in [-0.25, -0.2) is 0 Å². The zero-order valence-electron chi connectivity index (χ0n) is 11.7. The molecule has 0 saturated heterocycles. The lowest BCUT2D eigenvalue weighted by Gasteiger charge is -2.42. The molecule has 0 aliphatic heterocycles. The summed E-state index contributed by atoms with van der Waals surface area (Å²) < 4.78 is 11.1. The fourth-order valence-electron chi connectivity index (χ4n) is 2.55. The predicted molar refractivity (Wildman–Crippen MR) is 87.5 cm³/mol. The second-order valence-electron chi connectivity index (χ2n) is 5.15. The molecule has 1 aromatic rings. The zero-order chi connectivity index (χ0) is 14.8. The third-order valence-corrected chi connectivity index (χ3v) is 5.38. The molecular formula is C15H19BrCl2O2. The van der Waals surface area contributed by atoms with E-state index in [0.29, 0.717) is 22.4 Å². The molecule has 112 valence electrons. The monoisotopic (exact) mass is 380 g/mol. The maximum atomic E-state index is 6.36. The van der Waals surface area contributed by atoms with Gasteiger partial charge in [0.05, 0.1) is 17.2 Å². The highest BCUT2D eigenvalue weighted by atomic mass is 79.9. The number of methoxy groups -OCH3 is 1. The molecule has 0 radical (unpaired) electrons. The Balaban J connectivity index is 2.17. The van der Waals surface area contributed by atoms with E-state index in [0.717, 1.165) is 24.8 Å². The molecule has 1 fully saturated rings. The molecule has 0 bridgehead atoms. The van der Waals surface area contributed by atoms with Crippen LogP contribution in [0.2, 0.25) is 10.0 Å². The molecule has 1 aliphatic carbocycles. The van der Waals surface area contributed by atoms with Crippen LogP contribution < -0.4 is 4.74 Å². The summed E-state index contributed by atoms with van der Waals surface area (Å²) in [6.45, 7) is 2.49. The van der Waals surface area contributed by atoms with Crippen molar-refractivity contribution in [2.45, 2.75) is 43.0 Å². The van der Waals surface area contributed by atoms with Crippen LogP contribution in [0.15, 0.2) is 12.1 Å². The lowest BCUT2D eigenvalue weighted by atomic mass is 9.76. The van der Waals surface area contributed by atoms with E-state index < -0.39 is 0 Å². The molecule has 0 spiro atoms. The lowest BCUT2D eigenvalue weighted by molar-refractivity contribution is -0.0773. The average Bonchev–Trinajstić information content (AvgIpc) is 2.38. The molecule has 2 nitrogen and oxygen atoms in total. The Morgan fingerprint density at radius 3 is 2.50 bits per heavy atom. The van der Waals surface area contributed by atoms with Gasteiger partial charge in [-0.2, -0.15) is 0 Å². The lowest BCUT2D eigenvalue weighted by Crippen LogP contribution is -2.39. The number of rotatable bonds is 6. The molecule has 1 saturated carbocycles. The fourth-order valence-corrected chi connectivity index (χ4v) is 4.16. The Hall–Kier alpha value is 0.0400. The maximum absolute atomic E-state index is 6.36. The van der Waals surface area contributed by atoms with Crippen LogP contribution in [0, 0.1) is 0 Å². The first-order valence-electron chi connectivity index (χ1n) is 6.82. The van der Waals surface area contributed by atoms with E-state index in [2.05, 4.69) is 15.9 Å². The Bertz CT molecular complexity index is 470. The van der Waals surface area contributed by atoms with Gasteiger partial charge in [-0.1, -0.05) is 39.1 Å². The van der Waals surface area contributed by atoms with Gasteiger partial charge in [0.15, 0.2) is 0 Å². The van der Waals surface area contributed by atoms with Crippen molar-refractivity contribution in [1.82, 2.24) is 0 Å². The molecular weight excluding hydrogens is 363 g/mol. The Kier molecular flexibility index (Phi) is 5.63. The number of ether oxygens (including phenoxy) is 2. The summed E-state index contributed by atoms with van der Waals surface area (Å²) in [5.74, 6) is 0.632. The van der Waals surface area contributed by atoms with E-state index >= 15 is 0 Å². The van der Waals surface area contributed by atoms with Crippen LogP contribution in [-0.2, 0) is 4.74 Å². The van der Waals surface area contributed by atoms with Crippen LogP contribution >= 0.6 is 39.1 Å². The molecule has 1 aromatic carbocycles. The third-order valence-electron chi connectivity index (χ3n) is 3.94. The van der Waals surface area contributed by atoms with Crippen molar-refractivity contribution in [2.24, 2.45) is 0 Å². The quantitative estimate of drug-likeness (QED) is 0.580. The van der Waals surface area contributed by atoms with Gasteiger partial charge in [-0.05, 0) is 44.2 Å². The van der Waals surface area contributed by atoms with Gasteiger partial charge in [0.25, 0.3) is 0 Å². The minimum Gasteiger partial charge on any atom is -0.492 e. The summed E-state index contributed by atoms with van der Waals surface area (Å²) in [5, 5.41) is 1.26. The number of halogens is 3. The molecule has 1 atom stereocenters. The molecule has 0 amide bonds. The molecule has 0 heterocycles. The van der Waals surface area contributed by atoms with Crippen LogP contribution in [0.4, 0.5) is 0 Å². The highest BCUT2D eigenvalue weighted by Gasteiger charge is 2.39. The zero-order valence-corrected chi connectivity index (χ0v) is 14.8. The Labute approximate surface area is 138 Å². The van der Waals surface area contributed by atoms with Crippen LogP contribution in [0.5, 0.6) is 5.75 Å². The molecule has 5 heteroatoms. The van der Waals surface area contributed by atoms with E-state index in [1.807, 2.05) is 13.0 Å². The fraction of sp³-hybridized carbons (Fsp3) is 0.600. The van der Waals surface area contributed by atoms with Crippen molar-refractivity contribution in [2.75, 3.05) is 13.7 Å². The first kappa shape index (κ1) is 16.4. The second-order valence-corrected chi connectivity index (χ2v) is 7.07. The molecule has 0 aromatic heterocycles. The minimum atomic E-state index is -0.0113. The SMILES string of the molecule is CCOc1cc(Cl)c(C(Br)CC2(OC)CCC2)cc1Cl. The van der Waals surface area contributed by atoms with Crippen LogP contribution in [-0.4, -0.2) is 19.3 Å². The van der Waals surface area contributed by atoms with Crippen molar-refractivity contribution in [3.63, 3.8) is 0 Å². The molecule has 0 N–H and O–H groups in total. The van der Waals surface area contributed by atoms with Crippen molar-refractivity contribution in [1.29, 1.82) is 0 Å². The van der Waals surface area contributed by atoms with Crippen molar-refractivity contribution in [3.05, 3.63) is 27.7 Å². The van der Waals surface area contributed by atoms with E-state index in [-0.39, 0.29) is 10.4 Å². The maximum Gasteiger partial charge on any atom is 0.139 e. The Morgan fingerprint density at radius 2 is 2.00 bits per heavy atom. The van der Waals surface area contributed by atoms with Crippen LogP contribution in [0.3, 0.4) is 0 Å². The van der Waals surface area contributed by atoms with Gasteiger partial charge in [-0.15, -0.1) is 0 Å². The van der Waals surface area contributed by atoms with Crippen molar-refractivity contribution in [3.8, 4) is 5.75 Å². The average molecular weight is 382 g/mol. The van der Waals surface area contributed by atoms with Gasteiger partial charge in [-0.3, -0.25) is 0 Å². The second kappa shape index (κ2) is 6.87. The molecule has 2 rings (SSSR count). The normalized spacial score (nSPS) is 18.4. The number of hydrogen-bond donors (Lipinski definition) is 0. The molecule has 1 unspecified atom stereocenters. The third kappa shape index (κ3) is 3.44. The predicted octanol–water partition coefficient (Wildman–Crippen LogP) is 5.79. The standard InChI is InChI=1S/C15H19BrCl2O2/c1-3-20-14-8-12(17)10(7-13(14)18)11(16)9-15(19-2)5-4-6-15/h7-8,11H,3-6,9H2,1-2H3. The molecule has 20 heavy (non-hydrogen) atoms. The summed E-state index contributed by atoms with van der Waals surface area (Å²) in [4.78, 5) is 0.128. The van der Waals surface area contributed by atoms with Gasteiger partial charge in [0.1, 0.15) is 5.75 Å². The van der Waals surface area contributed by atoms with Gasteiger partial charge >= 0.3 is 0 Å². The van der Waals surface area contributed by atoms with Crippen LogP contribution in [0.1, 0.15) is 43.0 Å². The summed E-state index contributed by atoms with van der Waals surface area (Å²) in [5.41, 5.74) is 0.978. The highest BCUT2D eigenvalue weighted by molar-refractivity contribution is 9.09. The first-order chi connectivity index (χ1) is 9.51. The van der Waals surface area contributed by atoms with E-state index in [1.165, 1.54) is 6.42 Å². The summed E-state index contributed by atoms with van der Waals surface area (Å²) >= 11 is 16.3. The smallest absolute Gasteiger partial charge is 0.139 e. The van der Waals surface area contributed by atoms with E-state index in [4.69, 9.17) is 32.7 Å². The largest absolute Gasteiger partial charge is 0.492 e. The van der Waals surface area contributed by atoms with E-state index in [1.54, 1.807) is 13.2 Å². The minimum absolute atomic E-state index is 0.0113.